The molecule has 62 heavy (non-hydrogen) atoms. The van der Waals surface area contributed by atoms with Crippen LogP contribution in [0.25, 0.3) is 0 Å². The largest absolute Gasteiger partial charge is 0.462 e. The van der Waals surface area contributed by atoms with Crippen LogP contribution in [0.3, 0.4) is 0 Å². The summed E-state index contributed by atoms with van der Waals surface area (Å²) in [5.74, 6) is 0.00478. The van der Waals surface area contributed by atoms with Crippen molar-refractivity contribution in [2.24, 2.45) is 5.92 Å². The Morgan fingerprint density at radius 1 is 0.306 bits per heavy atom. The maximum Gasteiger partial charge on any atom is 0.306 e. The highest BCUT2D eigenvalue weighted by Crippen LogP contribution is 2.18. The average molecular weight is 877 g/mol. The summed E-state index contributed by atoms with van der Waals surface area (Å²) in [4.78, 5) is 38.0. The molecule has 0 bridgehead atoms. The fourth-order valence-corrected chi connectivity index (χ4v) is 8.57. The fourth-order valence-electron chi connectivity index (χ4n) is 8.57. The van der Waals surface area contributed by atoms with E-state index in [9.17, 15) is 14.4 Å². The second-order valence-corrected chi connectivity index (χ2v) is 19.7. The van der Waals surface area contributed by atoms with Gasteiger partial charge in [-0.25, -0.2) is 0 Å². The van der Waals surface area contributed by atoms with Crippen molar-refractivity contribution in [2.75, 3.05) is 13.2 Å². The van der Waals surface area contributed by atoms with Crippen LogP contribution in [0.5, 0.6) is 0 Å². The van der Waals surface area contributed by atoms with Crippen molar-refractivity contribution in [3.05, 3.63) is 0 Å². The van der Waals surface area contributed by atoms with E-state index >= 15 is 0 Å². The van der Waals surface area contributed by atoms with Gasteiger partial charge in [-0.1, -0.05) is 278 Å². The molecule has 0 saturated carbocycles. The quantitative estimate of drug-likeness (QED) is 0.0344. The summed E-state index contributed by atoms with van der Waals surface area (Å²) in [6.07, 6.45) is 53.7. The van der Waals surface area contributed by atoms with E-state index in [0.717, 1.165) is 63.7 Å². The Kier molecular flexibility index (Phi) is 49.1. The first-order valence-electron chi connectivity index (χ1n) is 27.9. The molecule has 0 radical (unpaired) electrons. The van der Waals surface area contributed by atoms with Crippen LogP contribution < -0.4 is 0 Å². The zero-order chi connectivity index (χ0) is 45.2. The number of ether oxygens (including phenoxy) is 3. The van der Waals surface area contributed by atoms with Gasteiger partial charge in [0.1, 0.15) is 13.2 Å². The molecular weight excluding hydrogens is 769 g/mol. The Bertz CT molecular complexity index is 933. The van der Waals surface area contributed by atoms with Crippen molar-refractivity contribution in [3.8, 4) is 0 Å². The molecule has 0 heterocycles. The van der Waals surface area contributed by atoms with Crippen molar-refractivity contribution in [1.29, 1.82) is 0 Å². The lowest BCUT2D eigenvalue weighted by Crippen LogP contribution is -2.30. The van der Waals surface area contributed by atoms with E-state index in [1.807, 2.05) is 0 Å². The Labute approximate surface area is 387 Å². The van der Waals surface area contributed by atoms with Gasteiger partial charge in [-0.15, -0.1) is 0 Å². The highest BCUT2D eigenvalue weighted by molar-refractivity contribution is 5.71. The normalized spacial score (nSPS) is 12.0. The van der Waals surface area contributed by atoms with Gasteiger partial charge in [0.05, 0.1) is 0 Å². The molecule has 0 unspecified atom stereocenters. The average Bonchev–Trinajstić information content (AvgIpc) is 3.26. The van der Waals surface area contributed by atoms with Crippen LogP contribution in [0.15, 0.2) is 0 Å². The molecule has 0 aromatic carbocycles. The van der Waals surface area contributed by atoms with Gasteiger partial charge in [-0.3, -0.25) is 14.4 Å². The monoisotopic (exact) mass is 877 g/mol. The number of hydrogen-bond donors (Lipinski definition) is 0. The van der Waals surface area contributed by atoms with Gasteiger partial charge >= 0.3 is 17.9 Å². The number of rotatable bonds is 51. The third-order valence-corrected chi connectivity index (χ3v) is 12.8. The van der Waals surface area contributed by atoms with Crippen molar-refractivity contribution >= 4 is 17.9 Å². The van der Waals surface area contributed by atoms with E-state index in [4.69, 9.17) is 14.2 Å². The Morgan fingerprint density at radius 3 is 0.790 bits per heavy atom. The Morgan fingerprint density at radius 2 is 0.532 bits per heavy atom. The summed E-state index contributed by atoms with van der Waals surface area (Å²) >= 11 is 0. The molecule has 0 aliphatic heterocycles. The van der Waals surface area contributed by atoms with Crippen molar-refractivity contribution in [2.45, 2.75) is 323 Å². The Hall–Kier alpha value is -1.59. The number of hydrogen-bond acceptors (Lipinski definition) is 6. The number of esters is 3. The SMILES string of the molecule is CCCCCCCCCCCCCCCCCCC(=O)OC[C@@H](COC(=O)CCCCCCCCCCCCC)OC(=O)CCCCCCCCCCCCCCCCC(C)C. The highest BCUT2D eigenvalue weighted by atomic mass is 16.6. The predicted molar refractivity (Wildman–Crippen MR) is 266 cm³/mol. The first kappa shape index (κ1) is 60.4. The third kappa shape index (κ3) is 49.4. The smallest absolute Gasteiger partial charge is 0.306 e. The topological polar surface area (TPSA) is 78.9 Å². The Balaban J connectivity index is 4.27. The van der Waals surface area contributed by atoms with Gasteiger partial charge in [-0.05, 0) is 25.2 Å². The van der Waals surface area contributed by atoms with Crippen molar-refractivity contribution in [1.82, 2.24) is 0 Å². The first-order chi connectivity index (χ1) is 30.4. The molecule has 0 spiro atoms. The van der Waals surface area contributed by atoms with E-state index in [0.29, 0.717) is 19.3 Å². The maximum absolute atomic E-state index is 12.8. The zero-order valence-electron chi connectivity index (χ0n) is 42.3. The minimum absolute atomic E-state index is 0.0621. The van der Waals surface area contributed by atoms with Crippen molar-refractivity contribution < 1.29 is 28.6 Å². The van der Waals surface area contributed by atoms with Crippen LogP contribution in [0, 0.1) is 5.92 Å². The number of carbonyl (C=O) groups excluding carboxylic acids is 3. The summed E-state index contributed by atoms with van der Waals surface area (Å²) in [5, 5.41) is 0. The second-order valence-electron chi connectivity index (χ2n) is 19.7. The van der Waals surface area contributed by atoms with Crippen LogP contribution in [0.4, 0.5) is 0 Å². The van der Waals surface area contributed by atoms with Crippen LogP contribution in [-0.4, -0.2) is 37.2 Å². The molecule has 0 aliphatic carbocycles. The number of carbonyl (C=O) groups is 3. The minimum Gasteiger partial charge on any atom is -0.462 e. The minimum atomic E-state index is -0.761. The maximum atomic E-state index is 12.8. The van der Waals surface area contributed by atoms with E-state index in [1.54, 1.807) is 0 Å². The summed E-state index contributed by atoms with van der Waals surface area (Å²) in [6.45, 7) is 9.05. The van der Waals surface area contributed by atoms with Gasteiger partial charge in [0.15, 0.2) is 6.10 Å². The van der Waals surface area contributed by atoms with E-state index < -0.39 is 6.10 Å². The first-order valence-corrected chi connectivity index (χ1v) is 27.9. The summed E-state index contributed by atoms with van der Waals surface area (Å²) in [6, 6.07) is 0. The molecule has 0 N–H and O–H groups in total. The van der Waals surface area contributed by atoms with Gasteiger partial charge in [-0.2, -0.15) is 0 Å². The molecule has 0 aliphatic rings. The van der Waals surface area contributed by atoms with Gasteiger partial charge < -0.3 is 14.2 Å². The van der Waals surface area contributed by atoms with Crippen LogP contribution in [0.1, 0.15) is 317 Å². The molecule has 0 amide bonds. The van der Waals surface area contributed by atoms with Crippen molar-refractivity contribution in [3.63, 3.8) is 0 Å². The molecule has 0 aromatic rings. The number of unbranched alkanes of at least 4 members (excludes halogenated alkanes) is 38. The molecule has 6 nitrogen and oxygen atoms in total. The van der Waals surface area contributed by atoms with Gasteiger partial charge in [0, 0.05) is 19.3 Å². The van der Waals surface area contributed by atoms with Gasteiger partial charge in [0.25, 0.3) is 0 Å². The van der Waals surface area contributed by atoms with Crippen LogP contribution in [-0.2, 0) is 28.6 Å². The standard InChI is InChI=1S/C56H108O6/c1-5-7-9-11-13-15-17-18-19-20-24-28-32-36-40-44-48-55(58)61-51-53(50-60-54(57)47-43-39-35-31-26-16-14-12-10-8-6-2)62-56(59)49-45-41-37-33-29-25-22-21-23-27-30-34-38-42-46-52(3)4/h52-53H,5-51H2,1-4H3/t53-/m1/s1. The van der Waals surface area contributed by atoms with E-state index in [2.05, 4.69) is 27.7 Å². The fraction of sp³-hybridized carbons (Fsp3) is 0.946. The second kappa shape index (κ2) is 50.4. The molecule has 0 rings (SSSR count). The lowest BCUT2D eigenvalue weighted by atomic mass is 10.0. The molecule has 1 atom stereocenters. The molecule has 0 fully saturated rings. The van der Waals surface area contributed by atoms with Crippen LogP contribution in [0.2, 0.25) is 0 Å². The molecule has 368 valence electrons. The summed E-state index contributed by atoms with van der Waals surface area (Å²) in [7, 11) is 0. The molecule has 6 heteroatoms. The van der Waals surface area contributed by atoms with E-state index in [-0.39, 0.29) is 31.1 Å². The van der Waals surface area contributed by atoms with Gasteiger partial charge in [0.2, 0.25) is 0 Å². The highest BCUT2D eigenvalue weighted by Gasteiger charge is 2.19. The lowest BCUT2D eigenvalue weighted by Gasteiger charge is -2.18. The molecule has 0 saturated heterocycles. The molecule has 0 aromatic heterocycles. The lowest BCUT2D eigenvalue weighted by molar-refractivity contribution is -0.167. The van der Waals surface area contributed by atoms with Crippen LogP contribution >= 0.6 is 0 Å². The summed E-state index contributed by atoms with van der Waals surface area (Å²) < 4.78 is 16.9. The zero-order valence-corrected chi connectivity index (χ0v) is 42.3. The van der Waals surface area contributed by atoms with E-state index in [1.165, 1.54) is 212 Å². The predicted octanol–water partition coefficient (Wildman–Crippen LogP) is 18.2. The molecular formula is C56H108O6. The summed E-state index contributed by atoms with van der Waals surface area (Å²) in [5.41, 5.74) is 0. The third-order valence-electron chi connectivity index (χ3n) is 12.8.